The molecule has 1 unspecified atom stereocenters. The minimum Gasteiger partial charge on any atom is -0.384 e. The number of thiophene rings is 1. The molecule has 1 atom stereocenters. The largest absolute Gasteiger partial charge is 0.384 e. The number of rotatable bonds is 3. The van der Waals surface area contributed by atoms with Gasteiger partial charge in [-0.05, 0) is 23.1 Å². The van der Waals surface area contributed by atoms with Gasteiger partial charge in [-0.3, -0.25) is 4.79 Å². The van der Waals surface area contributed by atoms with Crippen molar-refractivity contribution in [2.75, 3.05) is 11.9 Å². The molecule has 2 nitrogen and oxygen atoms in total. The van der Waals surface area contributed by atoms with Gasteiger partial charge in [0.1, 0.15) is 0 Å². The van der Waals surface area contributed by atoms with Gasteiger partial charge in [0.15, 0.2) is 5.78 Å². The summed E-state index contributed by atoms with van der Waals surface area (Å²) in [6.45, 7) is 0.871. The molecular formula is C14H13NOS. The number of nitrogens with one attached hydrogen (secondary N) is 1. The monoisotopic (exact) mass is 243 g/mol. The standard InChI is InChI=1S/C14H13NOS/c16-13(14-6-3-7-17-14)8-10-9-15-12-5-2-1-4-11(10)12/h1-7,10,15H,8-9H2. The molecule has 3 heteroatoms. The van der Waals surface area contributed by atoms with Gasteiger partial charge in [-0.2, -0.15) is 0 Å². The third kappa shape index (κ3) is 1.98. The number of carbonyl (C=O) groups excluding carboxylic acids is 1. The molecule has 1 N–H and O–H groups in total. The van der Waals surface area contributed by atoms with Crippen LogP contribution in [0.5, 0.6) is 0 Å². The van der Waals surface area contributed by atoms with E-state index in [4.69, 9.17) is 0 Å². The van der Waals surface area contributed by atoms with E-state index in [9.17, 15) is 4.79 Å². The van der Waals surface area contributed by atoms with Gasteiger partial charge >= 0.3 is 0 Å². The summed E-state index contributed by atoms with van der Waals surface area (Å²) in [5.74, 6) is 0.573. The number of anilines is 1. The van der Waals surface area contributed by atoms with Gasteiger partial charge in [0, 0.05) is 24.6 Å². The summed E-state index contributed by atoms with van der Waals surface area (Å²) >= 11 is 1.53. The first kappa shape index (κ1) is 10.5. The molecule has 2 aromatic rings. The molecule has 0 spiro atoms. The summed E-state index contributed by atoms with van der Waals surface area (Å²) in [5.41, 5.74) is 2.45. The summed E-state index contributed by atoms with van der Waals surface area (Å²) in [4.78, 5) is 12.9. The van der Waals surface area contributed by atoms with Gasteiger partial charge in [0.25, 0.3) is 0 Å². The number of fused-ring (bicyclic) bond motifs is 1. The van der Waals surface area contributed by atoms with Crippen LogP contribution in [0.2, 0.25) is 0 Å². The fourth-order valence-corrected chi connectivity index (χ4v) is 2.98. The van der Waals surface area contributed by atoms with Gasteiger partial charge in [0.05, 0.1) is 4.88 Å². The molecule has 2 heterocycles. The Balaban J connectivity index is 1.78. The first-order valence-electron chi connectivity index (χ1n) is 5.74. The van der Waals surface area contributed by atoms with Crippen LogP contribution in [0.4, 0.5) is 5.69 Å². The fraction of sp³-hybridized carbons (Fsp3) is 0.214. The minimum atomic E-state index is 0.253. The Morgan fingerprint density at radius 1 is 1.29 bits per heavy atom. The smallest absolute Gasteiger partial charge is 0.173 e. The van der Waals surface area contributed by atoms with Crippen molar-refractivity contribution in [3.05, 3.63) is 52.2 Å². The lowest BCUT2D eigenvalue weighted by atomic mass is 9.95. The van der Waals surface area contributed by atoms with Crippen molar-refractivity contribution in [3.63, 3.8) is 0 Å². The average molecular weight is 243 g/mol. The maximum atomic E-state index is 12.1. The second-order valence-corrected chi connectivity index (χ2v) is 5.22. The molecule has 0 amide bonds. The molecule has 1 aliphatic rings. The van der Waals surface area contributed by atoms with Crippen LogP contribution in [0.25, 0.3) is 0 Å². The van der Waals surface area contributed by atoms with Gasteiger partial charge in [-0.15, -0.1) is 11.3 Å². The quantitative estimate of drug-likeness (QED) is 0.835. The molecule has 86 valence electrons. The second kappa shape index (κ2) is 4.34. The van der Waals surface area contributed by atoms with E-state index >= 15 is 0 Å². The number of hydrogen-bond acceptors (Lipinski definition) is 3. The number of benzene rings is 1. The Kier molecular flexibility index (Phi) is 2.69. The first-order chi connectivity index (χ1) is 8.34. The maximum Gasteiger partial charge on any atom is 0.173 e. The minimum absolute atomic E-state index is 0.253. The fourth-order valence-electron chi connectivity index (χ4n) is 2.30. The lowest BCUT2D eigenvalue weighted by Gasteiger charge is -2.07. The van der Waals surface area contributed by atoms with Crippen LogP contribution < -0.4 is 5.32 Å². The van der Waals surface area contributed by atoms with Crippen LogP contribution in [0.1, 0.15) is 27.6 Å². The highest BCUT2D eigenvalue weighted by molar-refractivity contribution is 7.12. The van der Waals surface area contributed by atoms with Crippen LogP contribution in [-0.2, 0) is 0 Å². The van der Waals surface area contributed by atoms with Crippen LogP contribution in [0.3, 0.4) is 0 Å². The Bertz CT molecular complexity index is 533. The van der Waals surface area contributed by atoms with Gasteiger partial charge < -0.3 is 5.32 Å². The topological polar surface area (TPSA) is 29.1 Å². The number of Topliss-reactive ketones (excluding diaryl/α,β-unsaturated/α-hetero) is 1. The van der Waals surface area contributed by atoms with Crippen LogP contribution in [-0.4, -0.2) is 12.3 Å². The highest BCUT2D eigenvalue weighted by atomic mass is 32.1. The molecular weight excluding hydrogens is 230 g/mol. The second-order valence-electron chi connectivity index (χ2n) is 4.27. The molecule has 0 bridgehead atoms. The van der Waals surface area contributed by atoms with Crippen LogP contribution >= 0.6 is 11.3 Å². The Morgan fingerprint density at radius 3 is 3.00 bits per heavy atom. The summed E-state index contributed by atoms with van der Waals surface area (Å²) in [5, 5.41) is 5.30. The molecule has 1 aromatic carbocycles. The number of carbonyl (C=O) groups is 1. The normalized spacial score (nSPS) is 17.5. The summed E-state index contributed by atoms with van der Waals surface area (Å²) in [6.07, 6.45) is 0.602. The lowest BCUT2D eigenvalue weighted by Crippen LogP contribution is -2.08. The van der Waals surface area contributed by atoms with E-state index in [2.05, 4.69) is 17.4 Å². The number of para-hydroxylation sites is 1. The third-order valence-electron chi connectivity index (χ3n) is 3.17. The van der Waals surface area contributed by atoms with E-state index in [-0.39, 0.29) is 5.78 Å². The SMILES string of the molecule is O=C(CC1CNc2ccccc21)c1cccs1. The van der Waals surface area contributed by atoms with Crippen LogP contribution in [0, 0.1) is 0 Å². The van der Waals surface area contributed by atoms with Crippen molar-refractivity contribution < 1.29 is 4.79 Å². The molecule has 17 heavy (non-hydrogen) atoms. The van der Waals surface area contributed by atoms with Crippen molar-refractivity contribution in [2.45, 2.75) is 12.3 Å². The molecule has 0 saturated carbocycles. The molecule has 0 radical (unpaired) electrons. The lowest BCUT2D eigenvalue weighted by molar-refractivity contribution is 0.0979. The maximum absolute atomic E-state index is 12.1. The van der Waals surface area contributed by atoms with Crippen molar-refractivity contribution in [1.82, 2.24) is 0 Å². The zero-order valence-corrected chi connectivity index (χ0v) is 10.2. The average Bonchev–Trinajstić information content (AvgIpc) is 2.98. The van der Waals surface area contributed by atoms with E-state index in [0.717, 1.165) is 11.4 Å². The Morgan fingerprint density at radius 2 is 2.18 bits per heavy atom. The Hall–Kier alpha value is -1.61. The molecule has 0 fully saturated rings. The predicted octanol–water partition coefficient (Wildman–Crippen LogP) is 3.53. The summed E-state index contributed by atoms with van der Waals surface area (Å²) in [7, 11) is 0. The zero-order valence-electron chi connectivity index (χ0n) is 9.35. The van der Waals surface area contributed by atoms with Gasteiger partial charge in [-0.25, -0.2) is 0 Å². The van der Waals surface area contributed by atoms with Crippen LogP contribution in [0.15, 0.2) is 41.8 Å². The zero-order chi connectivity index (χ0) is 11.7. The highest BCUT2D eigenvalue weighted by Gasteiger charge is 2.24. The van der Waals surface area contributed by atoms with Crippen molar-refractivity contribution in [1.29, 1.82) is 0 Å². The number of hydrogen-bond donors (Lipinski definition) is 1. The van der Waals surface area contributed by atoms with E-state index in [1.165, 1.54) is 22.6 Å². The molecule has 0 saturated heterocycles. The molecule has 3 rings (SSSR count). The summed E-state index contributed by atoms with van der Waals surface area (Å²) < 4.78 is 0. The highest BCUT2D eigenvalue weighted by Crippen LogP contribution is 2.34. The van der Waals surface area contributed by atoms with Gasteiger partial charge in [0.2, 0.25) is 0 Å². The predicted molar refractivity (Wildman–Crippen MR) is 70.9 cm³/mol. The van der Waals surface area contributed by atoms with Crippen molar-refractivity contribution in [3.8, 4) is 0 Å². The summed E-state index contributed by atoms with van der Waals surface area (Å²) in [6, 6.07) is 12.1. The van der Waals surface area contributed by atoms with E-state index < -0.39 is 0 Å². The van der Waals surface area contributed by atoms with Crippen molar-refractivity contribution in [2.24, 2.45) is 0 Å². The third-order valence-corrected chi connectivity index (χ3v) is 4.08. The molecule has 1 aromatic heterocycles. The Labute approximate surface area is 104 Å². The molecule has 1 aliphatic heterocycles. The van der Waals surface area contributed by atoms with Crippen molar-refractivity contribution >= 4 is 22.8 Å². The van der Waals surface area contributed by atoms with Gasteiger partial charge in [-0.1, -0.05) is 24.3 Å². The van der Waals surface area contributed by atoms with E-state index in [1.54, 1.807) is 0 Å². The van der Waals surface area contributed by atoms with E-state index in [0.29, 0.717) is 12.3 Å². The first-order valence-corrected chi connectivity index (χ1v) is 6.62. The molecule has 0 aliphatic carbocycles. The number of ketones is 1. The van der Waals surface area contributed by atoms with E-state index in [1.807, 2.05) is 29.6 Å².